The average molecular weight is 206 g/mol. The van der Waals surface area contributed by atoms with E-state index in [4.69, 9.17) is 0 Å². The zero-order valence-corrected chi connectivity index (χ0v) is 7.90. The lowest BCUT2D eigenvalue weighted by molar-refractivity contribution is -0.107. The number of urea groups is 1. The van der Waals surface area contributed by atoms with Crippen molar-refractivity contribution in [1.29, 1.82) is 0 Å². The van der Waals surface area contributed by atoms with Crippen LogP contribution < -0.4 is 10.6 Å². The van der Waals surface area contributed by atoms with Crippen LogP contribution in [0.2, 0.25) is 0 Å². The van der Waals surface area contributed by atoms with E-state index in [2.05, 4.69) is 10.6 Å². The van der Waals surface area contributed by atoms with Gasteiger partial charge in [-0.3, -0.25) is 10.1 Å². The van der Waals surface area contributed by atoms with E-state index in [-0.39, 0.29) is 6.54 Å². The Morgan fingerprint density at radius 1 is 1.20 bits per heavy atom. The van der Waals surface area contributed by atoms with Gasteiger partial charge in [0.15, 0.2) is 0 Å². The molecule has 78 valence electrons. The Morgan fingerprint density at radius 2 is 1.87 bits per heavy atom. The highest BCUT2D eigenvalue weighted by molar-refractivity contribution is 6.04. The molecule has 0 unspecified atom stereocenters. The number of imide groups is 1. The Labute approximate surface area is 86.5 Å². The maximum absolute atomic E-state index is 11.4. The molecule has 0 heterocycles. The first kappa shape index (κ1) is 10.9. The summed E-state index contributed by atoms with van der Waals surface area (Å²) in [4.78, 5) is 32.3. The molecule has 5 nitrogen and oxygen atoms in total. The monoisotopic (exact) mass is 206 g/mol. The fraction of sp³-hybridized carbons (Fsp3) is 0.100. The minimum Gasteiger partial charge on any atom is -0.331 e. The van der Waals surface area contributed by atoms with Crippen molar-refractivity contribution in [2.75, 3.05) is 6.54 Å². The van der Waals surface area contributed by atoms with E-state index >= 15 is 0 Å². The third-order valence-electron chi connectivity index (χ3n) is 1.61. The fourth-order valence-electron chi connectivity index (χ4n) is 0.943. The first-order valence-corrected chi connectivity index (χ1v) is 4.32. The second kappa shape index (κ2) is 5.54. The summed E-state index contributed by atoms with van der Waals surface area (Å²) in [6.45, 7) is -0.117. The van der Waals surface area contributed by atoms with Gasteiger partial charge in [-0.25, -0.2) is 4.79 Å². The molecular formula is C10H10N2O3. The predicted molar refractivity (Wildman–Crippen MR) is 53.4 cm³/mol. The molecule has 1 rings (SSSR count). The van der Waals surface area contributed by atoms with Crippen molar-refractivity contribution >= 4 is 18.2 Å². The van der Waals surface area contributed by atoms with Crippen LogP contribution in [0.1, 0.15) is 10.4 Å². The Balaban J connectivity index is 2.49. The number of carbonyl (C=O) groups excluding carboxylic acids is 3. The smallest absolute Gasteiger partial charge is 0.322 e. The number of hydrogen-bond donors (Lipinski definition) is 2. The van der Waals surface area contributed by atoms with Crippen LogP contribution in [0, 0.1) is 0 Å². The van der Waals surface area contributed by atoms with Crippen molar-refractivity contribution in [2.24, 2.45) is 0 Å². The SMILES string of the molecule is O=CCNC(=O)NC(=O)c1ccccc1. The molecular weight excluding hydrogens is 196 g/mol. The van der Waals surface area contributed by atoms with E-state index in [0.29, 0.717) is 11.8 Å². The molecule has 15 heavy (non-hydrogen) atoms. The number of hydrogen-bond acceptors (Lipinski definition) is 3. The summed E-state index contributed by atoms with van der Waals surface area (Å²) in [5.41, 5.74) is 0.388. The molecule has 1 aromatic rings. The zero-order valence-electron chi connectivity index (χ0n) is 7.90. The Bertz CT molecular complexity index is 362. The minimum atomic E-state index is -0.684. The van der Waals surface area contributed by atoms with Crippen LogP contribution in [-0.4, -0.2) is 24.8 Å². The molecule has 1 aromatic carbocycles. The highest BCUT2D eigenvalue weighted by atomic mass is 16.2. The molecule has 2 N–H and O–H groups in total. The van der Waals surface area contributed by atoms with E-state index in [9.17, 15) is 14.4 Å². The molecule has 0 aliphatic rings. The first-order valence-electron chi connectivity index (χ1n) is 4.32. The second-order valence-corrected chi connectivity index (χ2v) is 2.70. The van der Waals surface area contributed by atoms with Gasteiger partial charge in [0.2, 0.25) is 0 Å². The van der Waals surface area contributed by atoms with Crippen molar-refractivity contribution < 1.29 is 14.4 Å². The maximum atomic E-state index is 11.4. The fourth-order valence-corrected chi connectivity index (χ4v) is 0.943. The zero-order chi connectivity index (χ0) is 11.1. The summed E-state index contributed by atoms with van der Waals surface area (Å²) < 4.78 is 0. The van der Waals surface area contributed by atoms with Crippen LogP contribution in [0.4, 0.5) is 4.79 Å². The summed E-state index contributed by atoms with van der Waals surface area (Å²) in [6.07, 6.45) is 0.534. The molecule has 0 radical (unpaired) electrons. The van der Waals surface area contributed by atoms with E-state index in [1.54, 1.807) is 30.3 Å². The van der Waals surface area contributed by atoms with Crippen LogP contribution in [0.5, 0.6) is 0 Å². The second-order valence-electron chi connectivity index (χ2n) is 2.70. The van der Waals surface area contributed by atoms with Gasteiger partial charge in [0.25, 0.3) is 5.91 Å². The van der Waals surface area contributed by atoms with Gasteiger partial charge in [-0.15, -0.1) is 0 Å². The molecule has 0 spiro atoms. The molecule has 0 aliphatic carbocycles. The third-order valence-corrected chi connectivity index (χ3v) is 1.61. The Morgan fingerprint density at radius 3 is 2.47 bits per heavy atom. The van der Waals surface area contributed by atoms with E-state index in [1.165, 1.54) is 0 Å². The standard InChI is InChI=1S/C10H10N2O3/c13-7-6-11-10(15)12-9(14)8-4-2-1-3-5-8/h1-5,7H,6H2,(H2,11,12,14,15). The Hall–Kier alpha value is -2.17. The summed E-state index contributed by atoms with van der Waals surface area (Å²) in [6, 6.07) is 7.64. The highest BCUT2D eigenvalue weighted by Gasteiger charge is 2.08. The quantitative estimate of drug-likeness (QED) is 0.699. The van der Waals surface area contributed by atoms with Gasteiger partial charge in [-0.2, -0.15) is 0 Å². The molecule has 0 aromatic heterocycles. The lowest BCUT2D eigenvalue weighted by Gasteiger charge is -2.03. The maximum Gasteiger partial charge on any atom is 0.322 e. The summed E-state index contributed by atoms with van der Waals surface area (Å²) in [7, 11) is 0. The van der Waals surface area contributed by atoms with E-state index in [0.717, 1.165) is 0 Å². The van der Waals surface area contributed by atoms with Crippen molar-refractivity contribution in [3.05, 3.63) is 35.9 Å². The van der Waals surface area contributed by atoms with Gasteiger partial charge >= 0.3 is 6.03 Å². The lowest BCUT2D eigenvalue weighted by atomic mass is 10.2. The number of carbonyl (C=O) groups is 3. The summed E-state index contributed by atoms with van der Waals surface area (Å²) in [5.74, 6) is -0.501. The van der Waals surface area contributed by atoms with Crippen molar-refractivity contribution in [3.63, 3.8) is 0 Å². The first-order chi connectivity index (χ1) is 7.24. The molecule has 0 fully saturated rings. The number of benzene rings is 1. The molecule has 3 amide bonds. The van der Waals surface area contributed by atoms with Gasteiger partial charge in [-0.1, -0.05) is 18.2 Å². The number of rotatable bonds is 3. The predicted octanol–water partition coefficient (Wildman–Crippen LogP) is 0.325. The molecule has 0 bridgehead atoms. The van der Waals surface area contributed by atoms with E-state index < -0.39 is 11.9 Å². The average Bonchev–Trinajstić information content (AvgIpc) is 2.27. The highest BCUT2D eigenvalue weighted by Crippen LogP contribution is 1.97. The normalized spacial score (nSPS) is 9.07. The number of nitrogens with one attached hydrogen (secondary N) is 2. The summed E-state index contributed by atoms with van der Waals surface area (Å²) in [5, 5.41) is 4.28. The van der Waals surface area contributed by atoms with Gasteiger partial charge in [0, 0.05) is 5.56 Å². The molecule has 0 saturated heterocycles. The van der Waals surface area contributed by atoms with Gasteiger partial charge in [0.1, 0.15) is 6.29 Å². The Kier molecular flexibility index (Phi) is 4.03. The topological polar surface area (TPSA) is 75.3 Å². The lowest BCUT2D eigenvalue weighted by Crippen LogP contribution is -2.40. The molecule has 0 atom stereocenters. The van der Waals surface area contributed by atoms with Gasteiger partial charge < -0.3 is 10.1 Å². The molecule has 0 saturated carbocycles. The van der Waals surface area contributed by atoms with Crippen molar-refractivity contribution in [1.82, 2.24) is 10.6 Å². The largest absolute Gasteiger partial charge is 0.331 e. The number of amides is 3. The van der Waals surface area contributed by atoms with Gasteiger partial charge in [0.05, 0.1) is 6.54 Å². The van der Waals surface area contributed by atoms with Crippen LogP contribution in [-0.2, 0) is 4.79 Å². The van der Waals surface area contributed by atoms with E-state index in [1.807, 2.05) is 0 Å². The van der Waals surface area contributed by atoms with Crippen molar-refractivity contribution in [2.45, 2.75) is 0 Å². The molecule has 5 heteroatoms. The van der Waals surface area contributed by atoms with Crippen LogP contribution in [0.3, 0.4) is 0 Å². The van der Waals surface area contributed by atoms with Crippen LogP contribution in [0.15, 0.2) is 30.3 Å². The van der Waals surface area contributed by atoms with Gasteiger partial charge in [-0.05, 0) is 12.1 Å². The third kappa shape index (κ3) is 3.60. The molecule has 0 aliphatic heterocycles. The number of aldehydes is 1. The van der Waals surface area contributed by atoms with Crippen LogP contribution in [0.25, 0.3) is 0 Å². The summed E-state index contributed by atoms with van der Waals surface area (Å²) >= 11 is 0. The minimum absolute atomic E-state index is 0.117. The van der Waals surface area contributed by atoms with Crippen LogP contribution >= 0.6 is 0 Å². The van der Waals surface area contributed by atoms with Crippen molar-refractivity contribution in [3.8, 4) is 0 Å².